The molecule has 0 heterocycles. The Hall–Kier alpha value is -2.04. The predicted octanol–water partition coefficient (Wildman–Crippen LogP) is 4.66. The number of hydrogen-bond acceptors (Lipinski definition) is 3. The van der Waals surface area contributed by atoms with E-state index in [2.05, 4.69) is 5.32 Å². The highest BCUT2D eigenvalue weighted by Gasteiger charge is 2.42. The fourth-order valence-corrected chi connectivity index (χ4v) is 4.13. The van der Waals surface area contributed by atoms with Crippen LogP contribution in [-0.4, -0.2) is 26.7 Å². The Morgan fingerprint density at radius 2 is 1.78 bits per heavy atom. The van der Waals surface area contributed by atoms with Crippen molar-refractivity contribution < 1.29 is 14.3 Å². The van der Waals surface area contributed by atoms with E-state index < -0.39 is 5.41 Å². The third-order valence-corrected chi connectivity index (χ3v) is 5.76. The average Bonchev–Trinajstić information content (AvgIpc) is 3.20. The largest absolute Gasteiger partial charge is 0.496 e. The summed E-state index contributed by atoms with van der Waals surface area (Å²) in [6, 6.07) is 15.4. The summed E-state index contributed by atoms with van der Waals surface area (Å²) in [6.07, 6.45) is 3.54. The fourth-order valence-electron chi connectivity index (χ4n) is 4.00. The number of amides is 1. The van der Waals surface area contributed by atoms with Gasteiger partial charge >= 0.3 is 0 Å². The topological polar surface area (TPSA) is 47.6 Å². The van der Waals surface area contributed by atoms with Crippen molar-refractivity contribution in [2.45, 2.75) is 37.2 Å². The smallest absolute Gasteiger partial charge is 0.230 e. The van der Waals surface area contributed by atoms with Gasteiger partial charge in [0.2, 0.25) is 5.91 Å². The van der Waals surface area contributed by atoms with Gasteiger partial charge in [-0.25, -0.2) is 0 Å². The number of rotatable bonds is 7. The Balaban J connectivity index is 1.77. The SMILES string of the molecule is COc1ccccc1C(CNC(=O)C1(c2ccc(Cl)cc2)CCCC1)OC. The van der Waals surface area contributed by atoms with E-state index in [9.17, 15) is 4.79 Å². The number of halogens is 1. The van der Waals surface area contributed by atoms with Gasteiger partial charge in [-0.1, -0.05) is 54.8 Å². The molecule has 27 heavy (non-hydrogen) atoms. The summed E-state index contributed by atoms with van der Waals surface area (Å²) in [5, 5.41) is 3.81. The summed E-state index contributed by atoms with van der Waals surface area (Å²) < 4.78 is 11.1. The minimum atomic E-state index is -0.482. The molecule has 5 heteroatoms. The minimum Gasteiger partial charge on any atom is -0.496 e. The van der Waals surface area contributed by atoms with Gasteiger partial charge in [0, 0.05) is 24.2 Å². The minimum absolute atomic E-state index is 0.0549. The summed E-state index contributed by atoms with van der Waals surface area (Å²) in [5.74, 6) is 0.811. The van der Waals surface area contributed by atoms with Crippen molar-refractivity contribution in [1.82, 2.24) is 5.32 Å². The maximum Gasteiger partial charge on any atom is 0.230 e. The van der Waals surface area contributed by atoms with Gasteiger partial charge in [-0.3, -0.25) is 4.79 Å². The molecule has 0 spiro atoms. The zero-order valence-corrected chi connectivity index (χ0v) is 16.6. The van der Waals surface area contributed by atoms with Crippen molar-refractivity contribution in [3.05, 3.63) is 64.7 Å². The first-order valence-electron chi connectivity index (χ1n) is 9.31. The van der Waals surface area contributed by atoms with Crippen LogP contribution in [0.3, 0.4) is 0 Å². The number of benzene rings is 2. The van der Waals surface area contributed by atoms with Crippen molar-refractivity contribution in [1.29, 1.82) is 0 Å². The molecule has 4 nitrogen and oxygen atoms in total. The molecular weight excluding hydrogens is 362 g/mol. The third kappa shape index (κ3) is 4.12. The predicted molar refractivity (Wildman–Crippen MR) is 107 cm³/mol. The molecule has 0 bridgehead atoms. The van der Waals surface area contributed by atoms with Crippen molar-refractivity contribution in [3.63, 3.8) is 0 Å². The maximum atomic E-state index is 13.2. The number of para-hydroxylation sites is 1. The van der Waals surface area contributed by atoms with E-state index in [1.165, 1.54) is 0 Å². The first-order valence-corrected chi connectivity index (χ1v) is 9.68. The number of methoxy groups -OCH3 is 2. The molecule has 2 aromatic rings. The van der Waals surface area contributed by atoms with E-state index in [-0.39, 0.29) is 12.0 Å². The van der Waals surface area contributed by atoms with Crippen LogP contribution in [-0.2, 0) is 14.9 Å². The van der Waals surface area contributed by atoms with Crippen LogP contribution in [0.15, 0.2) is 48.5 Å². The molecule has 1 unspecified atom stereocenters. The molecule has 0 aliphatic heterocycles. The molecule has 0 radical (unpaired) electrons. The van der Waals surface area contributed by atoms with Crippen molar-refractivity contribution >= 4 is 17.5 Å². The van der Waals surface area contributed by atoms with Gasteiger partial charge in [-0.15, -0.1) is 0 Å². The second-order valence-corrected chi connectivity index (χ2v) is 7.41. The Kier molecular flexibility index (Phi) is 6.40. The number of carbonyl (C=O) groups is 1. The van der Waals surface area contributed by atoms with E-state index in [1.54, 1.807) is 14.2 Å². The van der Waals surface area contributed by atoms with Crippen LogP contribution in [0.4, 0.5) is 0 Å². The van der Waals surface area contributed by atoms with Crippen molar-refractivity contribution in [2.75, 3.05) is 20.8 Å². The Bertz CT molecular complexity index is 769. The molecule has 0 saturated heterocycles. The lowest BCUT2D eigenvalue weighted by Gasteiger charge is -2.29. The third-order valence-electron chi connectivity index (χ3n) is 5.51. The summed E-state index contributed by atoms with van der Waals surface area (Å²) in [7, 11) is 3.28. The molecule has 1 aliphatic carbocycles. The van der Waals surface area contributed by atoms with Crippen LogP contribution in [0, 0.1) is 0 Å². The van der Waals surface area contributed by atoms with E-state index in [4.69, 9.17) is 21.1 Å². The number of ether oxygens (including phenoxy) is 2. The lowest BCUT2D eigenvalue weighted by Crippen LogP contribution is -2.44. The zero-order chi connectivity index (χ0) is 19.3. The van der Waals surface area contributed by atoms with Crippen LogP contribution in [0.25, 0.3) is 0 Å². The Morgan fingerprint density at radius 3 is 2.41 bits per heavy atom. The zero-order valence-electron chi connectivity index (χ0n) is 15.8. The number of carbonyl (C=O) groups excluding carboxylic acids is 1. The van der Waals surface area contributed by atoms with Crippen LogP contribution in [0.5, 0.6) is 5.75 Å². The normalized spacial score (nSPS) is 16.7. The standard InChI is InChI=1S/C22H26ClNO3/c1-26-19-8-4-3-7-18(19)20(27-2)15-24-21(25)22(13-5-6-14-22)16-9-11-17(23)12-10-16/h3-4,7-12,20H,5-6,13-15H2,1-2H3,(H,24,25). The Labute approximate surface area is 165 Å². The van der Waals surface area contributed by atoms with Gasteiger partial charge in [-0.05, 0) is 36.6 Å². The molecule has 0 aromatic heterocycles. The summed E-state index contributed by atoms with van der Waals surface area (Å²) >= 11 is 6.03. The number of nitrogens with one attached hydrogen (secondary N) is 1. The highest BCUT2D eigenvalue weighted by Crippen LogP contribution is 2.41. The summed E-state index contributed by atoms with van der Waals surface area (Å²) in [5.41, 5.74) is 1.48. The van der Waals surface area contributed by atoms with Gasteiger partial charge in [0.1, 0.15) is 11.9 Å². The van der Waals surface area contributed by atoms with Gasteiger partial charge in [0.05, 0.1) is 12.5 Å². The van der Waals surface area contributed by atoms with E-state index in [0.29, 0.717) is 11.6 Å². The molecule has 2 aromatic carbocycles. The highest BCUT2D eigenvalue weighted by atomic mass is 35.5. The molecule has 1 atom stereocenters. The van der Waals surface area contributed by atoms with Gasteiger partial charge < -0.3 is 14.8 Å². The molecule has 144 valence electrons. The van der Waals surface area contributed by atoms with Crippen molar-refractivity contribution in [2.24, 2.45) is 0 Å². The van der Waals surface area contributed by atoms with Gasteiger partial charge in [0.15, 0.2) is 0 Å². The molecular formula is C22H26ClNO3. The first-order chi connectivity index (χ1) is 13.1. The quantitative estimate of drug-likeness (QED) is 0.751. The molecule has 3 rings (SSSR count). The molecule has 1 N–H and O–H groups in total. The highest BCUT2D eigenvalue weighted by molar-refractivity contribution is 6.30. The fraction of sp³-hybridized carbons (Fsp3) is 0.409. The van der Waals surface area contributed by atoms with Gasteiger partial charge in [-0.2, -0.15) is 0 Å². The maximum absolute atomic E-state index is 13.2. The Morgan fingerprint density at radius 1 is 1.11 bits per heavy atom. The van der Waals surface area contributed by atoms with Crippen LogP contribution < -0.4 is 10.1 Å². The molecule has 1 aliphatic rings. The monoisotopic (exact) mass is 387 g/mol. The summed E-state index contributed by atoms with van der Waals surface area (Å²) in [4.78, 5) is 13.2. The van der Waals surface area contributed by atoms with Crippen molar-refractivity contribution in [3.8, 4) is 5.75 Å². The van der Waals surface area contributed by atoms with Crippen LogP contribution in [0.2, 0.25) is 5.02 Å². The van der Waals surface area contributed by atoms with E-state index in [0.717, 1.165) is 42.6 Å². The van der Waals surface area contributed by atoms with E-state index >= 15 is 0 Å². The van der Waals surface area contributed by atoms with Crippen LogP contribution >= 0.6 is 11.6 Å². The molecule has 1 amide bonds. The molecule has 1 saturated carbocycles. The average molecular weight is 388 g/mol. The second-order valence-electron chi connectivity index (χ2n) is 6.97. The first kappa shape index (κ1) is 19.7. The molecule has 1 fully saturated rings. The van der Waals surface area contributed by atoms with E-state index in [1.807, 2.05) is 48.5 Å². The lowest BCUT2D eigenvalue weighted by molar-refractivity contribution is -0.127. The number of hydrogen-bond donors (Lipinski definition) is 1. The van der Waals surface area contributed by atoms with Crippen LogP contribution in [0.1, 0.15) is 42.9 Å². The summed E-state index contributed by atoms with van der Waals surface area (Å²) in [6.45, 7) is 0.394. The second kappa shape index (κ2) is 8.77. The lowest BCUT2D eigenvalue weighted by atomic mass is 9.78. The van der Waals surface area contributed by atoms with Gasteiger partial charge in [0.25, 0.3) is 0 Å².